The Kier molecular flexibility index (Phi) is 3.83. The fourth-order valence-corrected chi connectivity index (χ4v) is 1.01. The standard InChI is InChI=1S/C8H11N2S/c1-11-7-6-10-8-4-2-3-5-9-8/h3-5H,6-7H2,1H3,(H,9,10). The van der Waals surface area contributed by atoms with Gasteiger partial charge in [-0.05, 0) is 24.5 Å². The van der Waals surface area contributed by atoms with Crippen molar-refractivity contribution in [1.82, 2.24) is 4.98 Å². The van der Waals surface area contributed by atoms with Gasteiger partial charge in [0, 0.05) is 18.5 Å². The molecule has 0 aliphatic carbocycles. The van der Waals surface area contributed by atoms with E-state index >= 15 is 0 Å². The van der Waals surface area contributed by atoms with E-state index in [-0.39, 0.29) is 0 Å². The highest BCUT2D eigenvalue weighted by molar-refractivity contribution is 7.98. The van der Waals surface area contributed by atoms with Gasteiger partial charge in [-0.2, -0.15) is 11.8 Å². The van der Waals surface area contributed by atoms with Gasteiger partial charge in [0.2, 0.25) is 0 Å². The van der Waals surface area contributed by atoms with Crippen LogP contribution in [0.2, 0.25) is 0 Å². The Balaban J connectivity index is 2.28. The van der Waals surface area contributed by atoms with Crippen LogP contribution in [0, 0.1) is 6.07 Å². The van der Waals surface area contributed by atoms with Gasteiger partial charge < -0.3 is 5.32 Å². The van der Waals surface area contributed by atoms with Gasteiger partial charge in [-0.25, -0.2) is 4.98 Å². The monoisotopic (exact) mass is 167 g/mol. The van der Waals surface area contributed by atoms with Gasteiger partial charge in [-0.3, -0.25) is 0 Å². The van der Waals surface area contributed by atoms with Crippen molar-refractivity contribution in [3.8, 4) is 0 Å². The Morgan fingerprint density at radius 2 is 2.64 bits per heavy atom. The first kappa shape index (κ1) is 8.40. The summed E-state index contributed by atoms with van der Waals surface area (Å²) >= 11 is 1.82. The summed E-state index contributed by atoms with van der Waals surface area (Å²) in [5.41, 5.74) is 0. The molecule has 59 valence electrons. The van der Waals surface area contributed by atoms with E-state index in [1.807, 2.05) is 17.8 Å². The number of thioether (sulfide) groups is 1. The first-order chi connectivity index (χ1) is 5.43. The number of rotatable bonds is 4. The van der Waals surface area contributed by atoms with Crippen LogP contribution in [0.5, 0.6) is 0 Å². The Labute approximate surface area is 71.4 Å². The summed E-state index contributed by atoms with van der Waals surface area (Å²) in [6.45, 7) is 0.964. The number of nitrogens with one attached hydrogen (secondary N) is 1. The normalized spacial score (nSPS) is 9.55. The van der Waals surface area contributed by atoms with E-state index in [9.17, 15) is 0 Å². The summed E-state index contributed by atoms with van der Waals surface area (Å²) < 4.78 is 0. The lowest BCUT2D eigenvalue weighted by Gasteiger charge is -2.01. The molecule has 0 amide bonds. The van der Waals surface area contributed by atoms with Crippen LogP contribution in [0.4, 0.5) is 5.82 Å². The molecule has 1 radical (unpaired) electrons. The molecule has 0 fully saturated rings. The Morgan fingerprint density at radius 1 is 1.73 bits per heavy atom. The van der Waals surface area contributed by atoms with E-state index in [0.717, 1.165) is 18.1 Å². The third kappa shape index (κ3) is 3.28. The molecule has 0 aliphatic rings. The molecule has 0 atom stereocenters. The molecule has 1 aromatic rings. The van der Waals surface area contributed by atoms with Gasteiger partial charge in [0.05, 0.1) is 0 Å². The van der Waals surface area contributed by atoms with Crippen LogP contribution in [0.15, 0.2) is 18.3 Å². The van der Waals surface area contributed by atoms with Crippen LogP contribution in [-0.2, 0) is 0 Å². The van der Waals surface area contributed by atoms with E-state index in [4.69, 9.17) is 0 Å². The molecule has 0 unspecified atom stereocenters. The van der Waals surface area contributed by atoms with Crippen molar-refractivity contribution in [3.63, 3.8) is 0 Å². The highest BCUT2D eigenvalue weighted by Gasteiger charge is 1.88. The minimum atomic E-state index is 0.904. The molecule has 0 aliphatic heterocycles. The van der Waals surface area contributed by atoms with E-state index in [1.54, 1.807) is 12.3 Å². The summed E-state index contributed by atoms with van der Waals surface area (Å²) in [6, 6.07) is 6.60. The highest BCUT2D eigenvalue weighted by atomic mass is 32.2. The summed E-state index contributed by atoms with van der Waals surface area (Å²) in [4.78, 5) is 4.10. The van der Waals surface area contributed by atoms with Gasteiger partial charge in [0.15, 0.2) is 0 Å². The summed E-state index contributed by atoms with van der Waals surface area (Å²) in [7, 11) is 0. The van der Waals surface area contributed by atoms with Crippen molar-refractivity contribution in [1.29, 1.82) is 0 Å². The Morgan fingerprint density at radius 3 is 3.27 bits per heavy atom. The Bertz CT molecular complexity index is 189. The molecule has 0 aromatic carbocycles. The van der Waals surface area contributed by atoms with E-state index in [2.05, 4.69) is 22.6 Å². The molecule has 0 saturated heterocycles. The predicted molar refractivity (Wildman–Crippen MR) is 49.9 cm³/mol. The SMILES string of the molecule is CSCCNc1c[c]ccn1. The third-order valence-corrected chi connectivity index (χ3v) is 1.83. The fraction of sp³-hybridized carbons (Fsp3) is 0.375. The molecular weight excluding hydrogens is 156 g/mol. The van der Waals surface area contributed by atoms with Gasteiger partial charge in [-0.15, -0.1) is 0 Å². The second kappa shape index (κ2) is 5.02. The molecule has 1 aromatic heterocycles. The van der Waals surface area contributed by atoms with Crippen molar-refractivity contribution >= 4 is 17.6 Å². The smallest absolute Gasteiger partial charge is 0.126 e. The molecule has 2 nitrogen and oxygen atoms in total. The maximum absolute atomic E-state index is 4.10. The average molecular weight is 167 g/mol. The van der Waals surface area contributed by atoms with Crippen LogP contribution < -0.4 is 5.32 Å². The topological polar surface area (TPSA) is 24.9 Å². The molecule has 1 N–H and O–H groups in total. The molecule has 0 spiro atoms. The second-order valence-corrected chi connectivity index (χ2v) is 3.05. The quantitative estimate of drug-likeness (QED) is 0.690. The zero-order chi connectivity index (χ0) is 7.94. The number of aromatic nitrogens is 1. The number of pyridine rings is 1. The molecule has 1 rings (SSSR count). The maximum Gasteiger partial charge on any atom is 0.126 e. The second-order valence-electron chi connectivity index (χ2n) is 2.06. The molecule has 11 heavy (non-hydrogen) atoms. The summed E-state index contributed by atoms with van der Waals surface area (Å²) in [5, 5.41) is 3.18. The zero-order valence-corrected chi connectivity index (χ0v) is 7.32. The van der Waals surface area contributed by atoms with E-state index < -0.39 is 0 Å². The van der Waals surface area contributed by atoms with Gasteiger partial charge in [0.25, 0.3) is 0 Å². The minimum absolute atomic E-state index is 0.904. The van der Waals surface area contributed by atoms with Crippen LogP contribution in [0.3, 0.4) is 0 Å². The lowest BCUT2D eigenvalue weighted by Crippen LogP contribution is -2.04. The molecule has 1 heterocycles. The lowest BCUT2D eigenvalue weighted by atomic mass is 10.4. The van der Waals surface area contributed by atoms with Gasteiger partial charge in [0.1, 0.15) is 5.82 Å². The van der Waals surface area contributed by atoms with E-state index in [1.165, 1.54) is 0 Å². The fourth-order valence-electron chi connectivity index (χ4n) is 0.703. The van der Waals surface area contributed by atoms with Crippen LogP contribution in [0.25, 0.3) is 0 Å². The third-order valence-electron chi connectivity index (χ3n) is 1.22. The van der Waals surface area contributed by atoms with Crippen molar-refractivity contribution < 1.29 is 0 Å². The van der Waals surface area contributed by atoms with Crippen LogP contribution >= 0.6 is 11.8 Å². The molecule has 0 bridgehead atoms. The number of hydrogen-bond donors (Lipinski definition) is 1. The molecular formula is C8H11N2S. The maximum atomic E-state index is 4.10. The van der Waals surface area contributed by atoms with Crippen molar-refractivity contribution in [2.45, 2.75) is 0 Å². The number of hydrogen-bond acceptors (Lipinski definition) is 3. The largest absolute Gasteiger partial charge is 0.369 e. The lowest BCUT2D eigenvalue weighted by molar-refractivity contribution is 1.17. The summed E-state index contributed by atoms with van der Waals surface area (Å²) in [5.74, 6) is 2.01. The van der Waals surface area contributed by atoms with Crippen molar-refractivity contribution in [3.05, 3.63) is 24.4 Å². The minimum Gasteiger partial charge on any atom is -0.369 e. The first-order valence-electron chi connectivity index (χ1n) is 3.48. The van der Waals surface area contributed by atoms with Gasteiger partial charge >= 0.3 is 0 Å². The predicted octanol–water partition coefficient (Wildman–Crippen LogP) is 1.66. The van der Waals surface area contributed by atoms with Crippen molar-refractivity contribution in [2.75, 3.05) is 23.9 Å². The number of anilines is 1. The Hall–Kier alpha value is -0.700. The van der Waals surface area contributed by atoms with Crippen molar-refractivity contribution in [2.24, 2.45) is 0 Å². The average Bonchev–Trinajstić information content (AvgIpc) is 2.07. The van der Waals surface area contributed by atoms with Crippen LogP contribution in [-0.4, -0.2) is 23.5 Å². The first-order valence-corrected chi connectivity index (χ1v) is 4.88. The highest BCUT2D eigenvalue weighted by Crippen LogP contribution is 1.99. The van der Waals surface area contributed by atoms with Crippen LogP contribution in [0.1, 0.15) is 0 Å². The number of nitrogens with zero attached hydrogens (tertiary/aromatic N) is 1. The van der Waals surface area contributed by atoms with E-state index in [0.29, 0.717) is 0 Å². The zero-order valence-electron chi connectivity index (χ0n) is 6.50. The molecule has 0 saturated carbocycles. The van der Waals surface area contributed by atoms with Gasteiger partial charge in [-0.1, -0.05) is 0 Å². The molecule has 3 heteroatoms. The summed E-state index contributed by atoms with van der Waals surface area (Å²) in [6.07, 6.45) is 3.83.